The summed E-state index contributed by atoms with van der Waals surface area (Å²) in [6, 6.07) is 15.1. The number of hydrogen-bond donors (Lipinski definition) is 3. The summed E-state index contributed by atoms with van der Waals surface area (Å²) in [7, 11) is 0. The Morgan fingerprint density at radius 2 is 1.68 bits per heavy atom. The lowest BCUT2D eigenvalue weighted by atomic mass is 10.0. The van der Waals surface area contributed by atoms with E-state index in [0.29, 0.717) is 12.5 Å². The second-order valence-corrected chi connectivity index (χ2v) is 5.51. The number of carbonyl (C=O) groups is 1. The Balaban J connectivity index is 1.90. The fourth-order valence-electron chi connectivity index (χ4n) is 2.19. The van der Waals surface area contributed by atoms with Crippen molar-refractivity contribution in [3.05, 3.63) is 65.2 Å². The molecule has 116 valence electrons. The molecule has 0 fully saturated rings. The minimum absolute atomic E-state index is 0.0316. The van der Waals surface area contributed by atoms with Crippen LogP contribution in [0.1, 0.15) is 36.5 Å². The van der Waals surface area contributed by atoms with Gasteiger partial charge in [-0.3, -0.25) is 0 Å². The lowest BCUT2D eigenvalue weighted by Crippen LogP contribution is -2.28. The number of nitrogens with one attached hydrogen (secondary N) is 2. The van der Waals surface area contributed by atoms with Crippen molar-refractivity contribution in [3.63, 3.8) is 0 Å². The van der Waals surface area contributed by atoms with Crippen LogP contribution in [0.4, 0.5) is 10.5 Å². The third kappa shape index (κ3) is 4.33. The molecular formula is C18H22N2O2. The van der Waals surface area contributed by atoms with Gasteiger partial charge in [-0.25, -0.2) is 4.79 Å². The number of benzene rings is 2. The van der Waals surface area contributed by atoms with Crippen molar-refractivity contribution >= 4 is 11.7 Å². The molecule has 0 unspecified atom stereocenters. The number of aliphatic hydroxyl groups excluding tert-OH is 1. The quantitative estimate of drug-likeness (QED) is 0.789. The summed E-state index contributed by atoms with van der Waals surface area (Å²) in [5.74, 6) is 0.470. The van der Waals surface area contributed by atoms with Crippen LogP contribution in [-0.4, -0.2) is 11.1 Å². The van der Waals surface area contributed by atoms with E-state index in [0.717, 1.165) is 16.8 Å². The van der Waals surface area contributed by atoms with Crippen LogP contribution in [0, 0.1) is 0 Å². The van der Waals surface area contributed by atoms with Crippen LogP contribution in [0.15, 0.2) is 48.5 Å². The van der Waals surface area contributed by atoms with Crippen LogP contribution in [-0.2, 0) is 13.2 Å². The van der Waals surface area contributed by atoms with Crippen LogP contribution in [0.3, 0.4) is 0 Å². The van der Waals surface area contributed by atoms with Gasteiger partial charge >= 0.3 is 6.03 Å². The molecule has 2 aromatic carbocycles. The zero-order chi connectivity index (χ0) is 15.9. The van der Waals surface area contributed by atoms with Crippen molar-refractivity contribution in [2.75, 3.05) is 5.32 Å². The number of anilines is 1. The highest BCUT2D eigenvalue weighted by atomic mass is 16.3. The summed E-state index contributed by atoms with van der Waals surface area (Å²) < 4.78 is 0. The monoisotopic (exact) mass is 298 g/mol. The van der Waals surface area contributed by atoms with Gasteiger partial charge in [-0.2, -0.15) is 0 Å². The molecule has 4 heteroatoms. The van der Waals surface area contributed by atoms with Crippen molar-refractivity contribution in [1.82, 2.24) is 5.32 Å². The third-order valence-corrected chi connectivity index (χ3v) is 3.56. The number of amides is 2. The minimum Gasteiger partial charge on any atom is -0.392 e. The molecule has 2 amide bonds. The average Bonchev–Trinajstić information content (AvgIpc) is 2.53. The molecular weight excluding hydrogens is 276 g/mol. The fraction of sp³-hybridized carbons (Fsp3) is 0.278. The molecule has 0 aliphatic rings. The van der Waals surface area contributed by atoms with Crippen LogP contribution in [0.25, 0.3) is 0 Å². The second-order valence-electron chi connectivity index (χ2n) is 5.51. The van der Waals surface area contributed by atoms with Gasteiger partial charge in [0.1, 0.15) is 0 Å². The molecule has 2 rings (SSSR count). The van der Waals surface area contributed by atoms with Crippen molar-refractivity contribution in [2.45, 2.75) is 32.9 Å². The van der Waals surface area contributed by atoms with Crippen LogP contribution >= 0.6 is 0 Å². The van der Waals surface area contributed by atoms with Crippen molar-refractivity contribution in [1.29, 1.82) is 0 Å². The number of rotatable bonds is 5. The molecule has 2 aromatic rings. The van der Waals surface area contributed by atoms with E-state index in [1.165, 1.54) is 5.56 Å². The lowest BCUT2D eigenvalue weighted by Gasteiger charge is -2.11. The summed E-state index contributed by atoms with van der Waals surface area (Å²) in [6.45, 7) is 4.62. The van der Waals surface area contributed by atoms with Gasteiger partial charge < -0.3 is 15.7 Å². The first-order valence-corrected chi connectivity index (χ1v) is 7.42. The van der Waals surface area contributed by atoms with E-state index in [2.05, 4.69) is 24.5 Å². The normalized spacial score (nSPS) is 10.5. The first-order valence-electron chi connectivity index (χ1n) is 7.42. The molecule has 0 aliphatic carbocycles. The van der Waals surface area contributed by atoms with Crippen molar-refractivity contribution in [2.24, 2.45) is 0 Å². The molecule has 0 saturated carbocycles. The van der Waals surface area contributed by atoms with Gasteiger partial charge in [0.15, 0.2) is 0 Å². The molecule has 0 radical (unpaired) electrons. The number of hydrogen-bond acceptors (Lipinski definition) is 2. The Hall–Kier alpha value is -2.33. The molecule has 0 aliphatic heterocycles. The Morgan fingerprint density at radius 3 is 2.27 bits per heavy atom. The van der Waals surface area contributed by atoms with Gasteiger partial charge in [-0.15, -0.1) is 0 Å². The number of urea groups is 1. The summed E-state index contributed by atoms with van der Waals surface area (Å²) >= 11 is 0. The zero-order valence-electron chi connectivity index (χ0n) is 13.0. The smallest absolute Gasteiger partial charge is 0.319 e. The molecule has 22 heavy (non-hydrogen) atoms. The van der Waals surface area contributed by atoms with Crippen LogP contribution in [0.5, 0.6) is 0 Å². The van der Waals surface area contributed by atoms with Gasteiger partial charge in [-0.1, -0.05) is 50.2 Å². The standard InChI is InChI=1S/C18H22N2O2/c1-13(2)14-7-9-17(10-8-14)20-18(22)19-11-15-5-3-4-6-16(15)12-21/h3-10,13,21H,11-12H2,1-2H3,(H2,19,20,22). The topological polar surface area (TPSA) is 61.4 Å². The summed E-state index contributed by atoms with van der Waals surface area (Å²) in [5, 5.41) is 14.9. The summed E-state index contributed by atoms with van der Waals surface area (Å²) in [4.78, 5) is 11.9. The zero-order valence-corrected chi connectivity index (χ0v) is 13.0. The minimum atomic E-state index is -0.259. The van der Waals surface area contributed by atoms with Gasteiger partial charge in [0.25, 0.3) is 0 Å². The first kappa shape index (κ1) is 16.0. The molecule has 0 aromatic heterocycles. The molecule has 0 heterocycles. The van der Waals surface area contributed by atoms with E-state index < -0.39 is 0 Å². The highest BCUT2D eigenvalue weighted by Crippen LogP contribution is 2.17. The van der Waals surface area contributed by atoms with E-state index in [1.54, 1.807) is 0 Å². The van der Waals surface area contributed by atoms with Crippen LogP contribution < -0.4 is 10.6 Å². The van der Waals surface area contributed by atoms with E-state index >= 15 is 0 Å². The van der Waals surface area contributed by atoms with Gasteiger partial charge in [0.2, 0.25) is 0 Å². The first-order chi connectivity index (χ1) is 10.6. The SMILES string of the molecule is CC(C)c1ccc(NC(=O)NCc2ccccc2CO)cc1. The predicted molar refractivity (Wildman–Crippen MR) is 88.8 cm³/mol. The fourth-order valence-corrected chi connectivity index (χ4v) is 2.19. The van der Waals surface area contributed by atoms with Gasteiger partial charge in [0.05, 0.1) is 6.61 Å². The van der Waals surface area contributed by atoms with Crippen molar-refractivity contribution < 1.29 is 9.90 Å². The Bertz CT molecular complexity index is 621. The molecule has 0 atom stereocenters. The molecule has 0 bridgehead atoms. The summed E-state index contributed by atoms with van der Waals surface area (Å²) in [6.07, 6.45) is 0. The third-order valence-electron chi connectivity index (χ3n) is 3.56. The second kappa shape index (κ2) is 7.61. The highest BCUT2D eigenvalue weighted by Gasteiger charge is 2.05. The number of carbonyl (C=O) groups excluding carboxylic acids is 1. The lowest BCUT2D eigenvalue weighted by molar-refractivity contribution is 0.251. The maximum absolute atomic E-state index is 11.9. The van der Waals surface area contributed by atoms with Gasteiger partial charge in [0, 0.05) is 12.2 Å². The van der Waals surface area contributed by atoms with Gasteiger partial charge in [-0.05, 0) is 34.7 Å². The molecule has 3 N–H and O–H groups in total. The average molecular weight is 298 g/mol. The number of aliphatic hydroxyl groups is 1. The van der Waals surface area contributed by atoms with E-state index in [9.17, 15) is 9.90 Å². The highest BCUT2D eigenvalue weighted by molar-refractivity contribution is 5.89. The Labute approximate surface area is 131 Å². The van der Waals surface area contributed by atoms with E-state index in [-0.39, 0.29) is 12.6 Å². The van der Waals surface area contributed by atoms with E-state index in [4.69, 9.17) is 0 Å². The van der Waals surface area contributed by atoms with Crippen molar-refractivity contribution in [3.8, 4) is 0 Å². The maximum Gasteiger partial charge on any atom is 0.319 e. The maximum atomic E-state index is 11.9. The largest absolute Gasteiger partial charge is 0.392 e. The molecule has 0 saturated heterocycles. The molecule has 0 spiro atoms. The predicted octanol–water partition coefficient (Wildman–Crippen LogP) is 3.62. The van der Waals surface area contributed by atoms with Crippen LogP contribution in [0.2, 0.25) is 0 Å². The summed E-state index contributed by atoms with van der Waals surface area (Å²) in [5.41, 5.74) is 3.74. The Kier molecular flexibility index (Phi) is 5.55. The van der Waals surface area contributed by atoms with E-state index in [1.807, 2.05) is 48.5 Å². The molecule has 4 nitrogen and oxygen atoms in total. The Morgan fingerprint density at radius 1 is 1.05 bits per heavy atom.